The summed E-state index contributed by atoms with van der Waals surface area (Å²) in [6.07, 6.45) is 4.89. The number of rotatable bonds is 4. The van der Waals surface area contributed by atoms with Crippen molar-refractivity contribution in [3.63, 3.8) is 0 Å². The van der Waals surface area contributed by atoms with Gasteiger partial charge in [0.15, 0.2) is 11.6 Å². The van der Waals surface area contributed by atoms with Crippen molar-refractivity contribution in [2.45, 2.75) is 55.4 Å². The van der Waals surface area contributed by atoms with Crippen molar-refractivity contribution in [2.75, 3.05) is 50.0 Å². The van der Waals surface area contributed by atoms with E-state index in [0.717, 1.165) is 30.7 Å². The molecule has 2 unspecified atom stereocenters. The van der Waals surface area contributed by atoms with Gasteiger partial charge in [-0.15, -0.1) is 11.3 Å². The number of nitriles is 1. The predicted molar refractivity (Wildman–Crippen MR) is 189 cm³/mol. The van der Waals surface area contributed by atoms with E-state index >= 15 is 8.78 Å². The van der Waals surface area contributed by atoms with E-state index in [0.29, 0.717) is 44.7 Å². The molecule has 4 saturated heterocycles. The number of likely N-dealkylation sites (tertiary alicyclic amines) is 1. The molecule has 8 heterocycles. The first-order valence-electron chi connectivity index (χ1n) is 17.3. The third-order valence-corrected chi connectivity index (χ3v) is 13.2. The van der Waals surface area contributed by atoms with Gasteiger partial charge in [0.05, 0.1) is 37.8 Å². The van der Waals surface area contributed by atoms with Crippen LogP contribution in [0.1, 0.15) is 37.7 Å². The zero-order valence-corrected chi connectivity index (χ0v) is 29.6. The summed E-state index contributed by atoms with van der Waals surface area (Å²) in [4.78, 5) is 32.7. The van der Waals surface area contributed by atoms with Gasteiger partial charge >= 0.3 is 12.0 Å². The smallest absolute Gasteiger partial charge is 0.346 e. The largest absolute Gasteiger partial charge is 0.489 e. The highest BCUT2D eigenvalue weighted by Crippen LogP contribution is 2.53. The SMILES string of the molecule is N#Cc1c(N)sc2c(F)ccc(-c3c(Cl)c4c5c(nc(OC[C@@]67CCCN6C[C@H](F)C7)nc5c3F)N3CC5(CCN5C(=O)n5cncn5)CC3CO4)c12. The van der Waals surface area contributed by atoms with Crippen LogP contribution in [0.4, 0.5) is 28.8 Å². The number of aromatic nitrogens is 5. The second kappa shape index (κ2) is 11.5. The molecule has 18 heteroatoms. The standard InChI is InChI=1S/C35H30ClF3N10O3S/c36-25-23(19-2-3-21(38)29-22(19)20(10-40)30(41)53-29)26(39)27-24-28(25)51-12-18-9-34(5-7-48(34)33(50)49-16-42-15-43-49)13-47(18)31(24)45-32(44-27)52-14-35-4-1-6-46(35)11-17(37)8-35/h2-3,15-18H,1,4-9,11-14,41H2/t17-,18?,34?,35+/m1/s1. The normalized spacial score (nSPS) is 26.1. The second-order valence-corrected chi connectivity index (χ2v) is 16.0. The average Bonchev–Trinajstić information content (AvgIpc) is 3.96. The lowest BCUT2D eigenvalue weighted by Crippen LogP contribution is -2.64. The maximum absolute atomic E-state index is 17.4. The molecule has 0 saturated carbocycles. The van der Waals surface area contributed by atoms with Crippen molar-refractivity contribution in [2.24, 2.45) is 0 Å². The first kappa shape index (κ1) is 32.7. The van der Waals surface area contributed by atoms with Crippen LogP contribution in [-0.4, -0.2) is 103 Å². The number of halogens is 4. The minimum absolute atomic E-state index is 0.00814. The summed E-state index contributed by atoms with van der Waals surface area (Å²) in [5, 5.41) is 14.4. The van der Waals surface area contributed by atoms with Gasteiger partial charge in [0, 0.05) is 37.0 Å². The zero-order chi connectivity index (χ0) is 36.4. The number of benzene rings is 2. The van der Waals surface area contributed by atoms with E-state index in [4.69, 9.17) is 31.8 Å². The molecule has 13 nitrogen and oxygen atoms in total. The maximum atomic E-state index is 17.4. The Bertz CT molecular complexity index is 2430. The van der Waals surface area contributed by atoms with Gasteiger partial charge in [-0.05, 0) is 43.9 Å². The number of nitrogens with two attached hydrogens (primary N) is 1. The Kier molecular flexibility index (Phi) is 7.12. The molecular weight excluding hydrogens is 733 g/mol. The van der Waals surface area contributed by atoms with Crippen LogP contribution in [0.15, 0.2) is 24.8 Å². The molecule has 1 amide bonds. The number of carbonyl (C=O) groups excluding carboxylic acids is 1. The number of hydrogen-bond acceptors (Lipinski definition) is 12. The summed E-state index contributed by atoms with van der Waals surface area (Å²) < 4.78 is 61.2. The van der Waals surface area contributed by atoms with Crippen LogP contribution in [0.3, 0.4) is 0 Å². The van der Waals surface area contributed by atoms with Gasteiger partial charge in [-0.2, -0.15) is 25.0 Å². The van der Waals surface area contributed by atoms with Crippen molar-refractivity contribution >= 4 is 60.8 Å². The molecular formula is C35H30ClF3N10O3S. The molecule has 272 valence electrons. The molecule has 53 heavy (non-hydrogen) atoms. The van der Waals surface area contributed by atoms with E-state index in [1.165, 1.54) is 29.5 Å². The lowest BCUT2D eigenvalue weighted by Gasteiger charge is -2.50. The van der Waals surface area contributed by atoms with Crippen LogP contribution in [0.5, 0.6) is 11.8 Å². The topological polar surface area (TPSA) is 152 Å². The number of nitrogen functional groups attached to an aromatic ring is 1. The molecule has 4 fully saturated rings. The number of ether oxygens (including phenoxy) is 2. The summed E-state index contributed by atoms with van der Waals surface area (Å²) in [7, 11) is 0. The van der Waals surface area contributed by atoms with Crippen LogP contribution in [-0.2, 0) is 0 Å². The number of anilines is 2. The number of fused-ring (bicyclic) bond motifs is 4. The van der Waals surface area contributed by atoms with Gasteiger partial charge < -0.3 is 25.0 Å². The summed E-state index contributed by atoms with van der Waals surface area (Å²) >= 11 is 7.99. The molecule has 3 aromatic heterocycles. The molecule has 4 atom stereocenters. The Morgan fingerprint density at radius 3 is 2.85 bits per heavy atom. The Morgan fingerprint density at radius 1 is 1.21 bits per heavy atom. The molecule has 5 aromatic rings. The summed E-state index contributed by atoms with van der Waals surface area (Å²) in [5.41, 5.74) is 4.89. The molecule has 0 aliphatic carbocycles. The van der Waals surface area contributed by atoms with Crippen molar-refractivity contribution in [1.29, 1.82) is 5.26 Å². The van der Waals surface area contributed by atoms with E-state index in [9.17, 15) is 14.4 Å². The van der Waals surface area contributed by atoms with E-state index in [2.05, 4.69) is 20.0 Å². The van der Waals surface area contributed by atoms with Crippen LogP contribution in [0.25, 0.3) is 32.1 Å². The Hall–Kier alpha value is -4.92. The van der Waals surface area contributed by atoms with Gasteiger partial charge in [0.2, 0.25) is 0 Å². The third kappa shape index (κ3) is 4.61. The molecule has 5 aliphatic heterocycles. The van der Waals surface area contributed by atoms with Crippen LogP contribution in [0, 0.1) is 23.0 Å². The highest BCUT2D eigenvalue weighted by molar-refractivity contribution is 7.23. The van der Waals surface area contributed by atoms with Gasteiger partial charge in [0.1, 0.15) is 60.3 Å². The van der Waals surface area contributed by atoms with E-state index in [1.54, 1.807) is 4.90 Å². The molecule has 0 radical (unpaired) electrons. The van der Waals surface area contributed by atoms with Gasteiger partial charge in [0.25, 0.3) is 0 Å². The van der Waals surface area contributed by atoms with Crippen LogP contribution in [0.2, 0.25) is 5.02 Å². The minimum Gasteiger partial charge on any atom is -0.489 e. The molecule has 1 spiro atoms. The molecule has 2 N–H and O–H groups in total. The first-order chi connectivity index (χ1) is 25.6. The Balaban J connectivity index is 1.14. The number of thiophene rings is 1. The maximum Gasteiger partial charge on any atom is 0.346 e. The average molecular weight is 763 g/mol. The molecule has 2 aromatic carbocycles. The quantitative estimate of drug-likeness (QED) is 0.246. The lowest BCUT2D eigenvalue weighted by atomic mass is 9.82. The summed E-state index contributed by atoms with van der Waals surface area (Å²) in [5.74, 6) is -1.01. The number of nitrogens with zero attached hydrogens (tertiary/aromatic N) is 9. The summed E-state index contributed by atoms with van der Waals surface area (Å²) in [6.45, 7) is 2.18. The fraction of sp³-hybridized carbons (Fsp3) is 0.429. The monoisotopic (exact) mass is 762 g/mol. The number of alkyl halides is 1. The molecule has 10 rings (SSSR count). The van der Waals surface area contributed by atoms with Crippen molar-refractivity contribution in [3.8, 4) is 29.0 Å². The van der Waals surface area contributed by atoms with E-state index in [-0.39, 0.29) is 84.7 Å². The first-order valence-corrected chi connectivity index (χ1v) is 18.5. The lowest BCUT2D eigenvalue weighted by molar-refractivity contribution is 0.0362. The zero-order valence-electron chi connectivity index (χ0n) is 28.0. The summed E-state index contributed by atoms with van der Waals surface area (Å²) in [6, 6.07) is 3.85. The van der Waals surface area contributed by atoms with Crippen molar-refractivity contribution in [1.82, 2.24) is 34.5 Å². The number of hydrogen-bond donors (Lipinski definition) is 1. The highest BCUT2D eigenvalue weighted by atomic mass is 35.5. The fourth-order valence-corrected chi connectivity index (χ4v) is 10.6. The van der Waals surface area contributed by atoms with Gasteiger partial charge in [-0.1, -0.05) is 17.7 Å². The highest BCUT2D eigenvalue weighted by Gasteiger charge is 2.57. The van der Waals surface area contributed by atoms with Gasteiger partial charge in [-0.3, -0.25) is 4.90 Å². The van der Waals surface area contributed by atoms with Crippen LogP contribution < -0.4 is 20.1 Å². The van der Waals surface area contributed by atoms with Crippen LogP contribution >= 0.6 is 22.9 Å². The van der Waals surface area contributed by atoms with E-state index in [1.807, 2.05) is 11.0 Å². The Morgan fingerprint density at radius 2 is 2.08 bits per heavy atom. The second-order valence-electron chi connectivity index (χ2n) is 14.5. The number of amides is 1. The van der Waals surface area contributed by atoms with Crippen molar-refractivity contribution < 1.29 is 27.4 Å². The minimum atomic E-state index is -0.980. The molecule has 0 bridgehead atoms. The molecule has 5 aliphatic rings. The van der Waals surface area contributed by atoms with E-state index < -0.39 is 28.9 Å². The fourth-order valence-electron chi connectivity index (χ4n) is 9.32. The predicted octanol–water partition coefficient (Wildman–Crippen LogP) is 5.53. The number of carbonyl (C=O) groups is 1. The van der Waals surface area contributed by atoms with Gasteiger partial charge in [-0.25, -0.2) is 22.9 Å². The Labute approximate surface area is 308 Å². The van der Waals surface area contributed by atoms with Crippen molar-refractivity contribution in [3.05, 3.63) is 47.0 Å². The third-order valence-electron chi connectivity index (χ3n) is 11.8.